The molecule has 0 bridgehead atoms. The third-order valence-corrected chi connectivity index (χ3v) is 10.8. The van der Waals surface area contributed by atoms with Gasteiger partial charge in [0.05, 0.1) is 0 Å². The molecule has 1 saturated carbocycles. The summed E-state index contributed by atoms with van der Waals surface area (Å²) >= 11 is 0. The van der Waals surface area contributed by atoms with Crippen molar-refractivity contribution < 1.29 is 0 Å². The second-order valence-corrected chi connectivity index (χ2v) is 15.4. The molecule has 1 unspecified atom stereocenters. The number of aryl methyl sites for hydroxylation is 4. The molecule has 3 aliphatic carbocycles. The fraction of sp³-hybridized carbons (Fsp3) is 0.676. The van der Waals surface area contributed by atoms with Crippen molar-refractivity contribution in [2.24, 2.45) is 34.5 Å². The fourth-order valence-corrected chi connectivity index (χ4v) is 8.92. The average molecular weight is 499 g/mol. The first-order chi connectivity index (χ1) is 17.5. The summed E-state index contributed by atoms with van der Waals surface area (Å²) in [4.78, 5) is 0. The largest absolute Gasteiger partial charge is 0.0622 e. The SMILES string of the molecule is CC(CC(C(C)(C)C)C(C)(C)C)C1CCC(C(c2ccc3c(c2)CCC3)c2ccc3c(c2)CCC3)CC1. The normalized spacial score (nSPS) is 22.9. The summed E-state index contributed by atoms with van der Waals surface area (Å²) in [6, 6.07) is 15.2. The van der Waals surface area contributed by atoms with Gasteiger partial charge in [-0.15, -0.1) is 0 Å². The van der Waals surface area contributed by atoms with Crippen molar-refractivity contribution in [2.45, 2.75) is 125 Å². The number of benzene rings is 2. The Kier molecular flexibility index (Phi) is 7.70. The first-order valence-corrected chi connectivity index (χ1v) is 15.7. The Hall–Kier alpha value is -1.56. The van der Waals surface area contributed by atoms with Crippen LogP contribution in [0.25, 0.3) is 0 Å². The summed E-state index contributed by atoms with van der Waals surface area (Å²) < 4.78 is 0. The molecule has 5 rings (SSSR count). The van der Waals surface area contributed by atoms with Crippen molar-refractivity contribution in [1.82, 2.24) is 0 Å². The molecule has 2 aromatic carbocycles. The maximum Gasteiger partial charge on any atom is 0.0118 e. The van der Waals surface area contributed by atoms with E-state index in [0.717, 1.165) is 23.7 Å². The van der Waals surface area contributed by atoms with Gasteiger partial charge in [0.15, 0.2) is 0 Å². The zero-order valence-corrected chi connectivity index (χ0v) is 25.1. The molecule has 0 spiro atoms. The van der Waals surface area contributed by atoms with Crippen LogP contribution in [0.4, 0.5) is 0 Å². The van der Waals surface area contributed by atoms with Crippen LogP contribution in [0, 0.1) is 34.5 Å². The summed E-state index contributed by atoms with van der Waals surface area (Å²) in [5.74, 6) is 3.83. The van der Waals surface area contributed by atoms with Gasteiger partial charge in [0.2, 0.25) is 0 Å². The minimum Gasteiger partial charge on any atom is -0.0622 e. The van der Waals surface area contributed by atoms with E-state index in [4.69, 9.17) is 0 Å². The molecule has 0 heterocycles. The molecule has 0 saturated heterocycles. The van der Waals surface area contributed by atoms with Gasteiger partial charge in [-0.3, -0.25) is 0 Å². The monoisotopic (exact) mass is 498 g/mol. The minimum atomic E-state index is 0.371. The van der Waals surface area contributed by atoms with E-state index in [1.54, 1.807) is 33.4 Å². The van der Waals surface area contributed by atoms with Gasteiger partial charge in [-0.25, -0.2) is 0 Å². The van der Waals surface area contributed by atoms with Gasteiger partial charge in [0, 0.05) is 5.92 Å². The summed E-state index contributed by atoms with van der Waals surface area (Å²) in [7, 11) is 0. The van der Waals surface area contributed by atoms with E-state index in [1.807, 2.05) is 0 Å². The van der Waals surface area contributed by atoms with Gasteiger partial charge in [0.1, 0.15) is 0 Å². The van der Waals surface area contributed by atoms with Crippen LogP contribution in [0.5, 0.6) is 0 Å². The lowest BCUT2D eigenvalue weighted by atomic mass is 9.61. The van der Waals surface area contributed by atoms with Crippen molar-refractivity contribution in [1.29, 1.82) is 0 Å². The van der Waals surface area contributed by atoms with Gasteiger partial charge in [-0.1, -0.05) is 84.9 Å². The zero-order chi connectivity index (χ0) is 26.4. The Morgan fingerprint density at radius 2 is 1.05 bits per heavy atom. The number of hydrogen-bond donors (Lipinski definition) is 0. The van der Waals surface area contributed by atoms with E-state index in [9.17, 15) is 0 Å². The highest BCUT2D eigenvalue weighted by Gasteiger charge is 2.38. The second-order valence-electron chi connectivity index (χ2n) is 15.4. The van der Waals surface area contributed by atoms with Crippen LogP contribution in [0.2, 0.25) is 0 Å². The molecule has 2 aromatic rings. The van der Waals surface area contributed by atoms with Crippen LogP contribution < -0.4 is 0 Å². The van der Waals surface area contributed by atoms with Crippen LogP contribution in [0.3, 0.4) is 0 Å². The predicted molar refractivity (Wildman–Crippen MR) is 160 cm³/mol. The fourth-order valence-electron chi connectivity index (χ4n) is 8.92. The zero-order valence-electron chi connectivity index (χ0n) is 25.1. The first kappa shape index (κ1) is 27.0. The summed E-state index contributed by atoms with van der Waals surface area (Å²) in [5, 5.41) is 0. The van der Waals surface area contributed by atoms with Gasteiger partial charge in [-0.2, -0.15) is 0 Å². The van der Waals surface area contributed by atoms with Crippen LogP contribution in [-0.2, 0) is 25.7 Å². The molecule has 37 heavy (non-hydrogen) atoms. The van der Waals surface area contributed by atoms with Gasteiger partial charge in [0.25, 0.3) is 0 Å². The van der Waals surface area contributed by atoms with Crippen molar-refractivity contribution in [2.75, 3.05) is 0 Å². The molecule has 0 aromatic heterocycles. The maximum atomic E-state index is 2.62. The highest BCUT2D eigenvalue weighted by molar-refractivity contribution is 5.44. The van der Waals surface area contributed by atoms with Crippen LogP contribution in [0.1, 0.15) is 133 Å². The lowest BCUT2D eigenvalue weighted by molar-refractivity contribution is 0.0582. The third kappa shape index (κ3) is 5.89. The second kappa shape index (κ2) is 10.5. The molecule has 1 fully saturated rings. The highest BCUT2D eigenvalue weighted by atomic mass is 14.4. The quantitative estimate of drug-likeness (QED) is 0.371. The molecule has 3 aliphatic rings. The summed E-state index contributed by atoms with van der Waals surface area (Å²) in [6.45, 7) is 17.4. The molecule has 0 radical (unpaired) electrons. The van der Waals surface area contributed by atoms with E-state index in [0.29, 0.717) is 16.7 Å². The molecule has 0 nitrogen and oxygen atoms in total. The highest BCUT2D eigenvalue weighted by Crippen LogP contribution is 2.49. The summed E-state index contributed by atoms with van der Waals surface area (Å²) in [5.41, 5.74) is 10.5. The Morgan fingerprint density at radius 3 is 1.51 bits per heavy atom. The topological polar surface area (TPSA) is 0 Å². The Balaban J connectivity index is 1.34. The maximum absolute atomic E-state index is 2.62. The lowest BCUT2D eigenvalue weighted by Gasteiger charge is -2.44. The predicted octanol–water partition coefficient (Wildman–Crippen LogP) is 10.3. The van der Waals surface area contributed by atoms with E-state index < -0.39 is 0 Å². The number of hydrogen-bond acceptors (Lipinski definition) is 0. The Morgan fingerprint density at radius 1 is 0.622 bits per heavy atom. The van der Waals surface area contributed by atoms with Crippen molar-refractivity contribution >= 4 is 0 Å². The van der Waals surface area contributed by atoms with Crippen molar-refractivity contribution in [3.05, 3.63) is 69.8 Å². The average Bonchev–Trinajstić information content (AvgIpc) is 3.50. The van der Waals surface area contributed by atoms with Crippen molar-refractivity contribution in [3.8, 4) is 0 Å². The van der Waals surface area contributed by atoms with Gasteiger partial charge >= 0.3 is 0 Å². The molecule has 202 valence electrons. The third-order valence-electron chi connectivity index (χ3n) is 10.8. The van der Waals surface area contributed by atoms with E-state index in [-0.39, 0.29) is 0 Å². The van der Waals surface area contributed by atoms with E-state index in [2.05, 4.69) is 84.9 Å². The molecule has 0 heteroatoms. The van der Waals surface area contributed by atoms with Crippen LogP contribution in [0.15, 0.2) is 36.4 Å². The van der Waals surface area contributed by atoms with Crippen LogP contribution in [-0.4, -0.2) is 0 Å². The van der Waals surface area contributed by atoms with Crippen LogP contribution >= 0.6 is 0 Å². The smallest absolute Gasteiger partial charge is 0.0118 e. The minimum absolute atomic E-state index is 0.371. The molecular formula is C37H54. The molecule has 0 aliphatic heterocycles. The summed E-state index contributed by atoms with van der Waals surface area (Å²) in [6.07, 6.45) is 14.8. The molecule has 1 atom stereocenters. The van der Waals surface area contributed by atoms with Crippen molar-refractivity contribution in [3.63, 3.8) is 0 Å². The van der Waals surface area contributed by atoms with E-state index >= 15 is 0 Å². The van der Waals surface area contributed by atoms with Gasteiger partial charge < -0.3 is 0 Å². The number of rotatable bonds is 6. The lowest BCUT2D eigenvalue weighted by Crippen LogP contribution is -2.35. The standard InChI is InChI=1S/C37H54/c1-25(22-34(36(2,3)4)37(5,6)7)26-14-18-29(19-15-26)35(32-20-16-27-10-8-12-30(27)23-32)33-21-17-28-11-9-13-31(28)24-33/h16-17,20-21,23-26,29,34-35H,8-15,18-19,22H2,1-7H3. The molecule has 0 amide bonds. The molecular weight excluding hydrogens is 444 g/mol. The Bertz CT molecular complexity index is 995. The molecule has 0 N–H and O–H groups in total. The van der Waals surface area contributed by atoms with E-state index in [1.165, 1.54) is 70.6 Å². The number of fused-ring (bicyclic) bond motifs is 2. The first-order valence-electron chi connectivity index (χ1n) is 15.7. The Labute approximate surface area is 229 Å². The van der Waals surface area contributed by atoms with Gasteiger partial charge in [-0.05, 0) is 139 Å².